The van der Waals surface area contributed by atoms with Gasteiger partial charge in [0.1, 0.15) is 6.04 Å². The van der Waals surface area contributed by atoms with Crippen LogP contribution in [0.25, 0.3) is 0 Å². The van der Waals surface area contributed by atoms with Crippen molar-refractivity contribution in [1.82, 2.24) is 10.6 Å². The molecule has 1 heterocycles. The van der Waals surface area contributed by atoms with Gasteiger partial charge in [0.2, 0.25) is 12.7 Å². The predicted octanol–water partition coefficient (Wildman–Crippen LogP) is 3.14. The molecule has 7 heteroatoms. The highest BCUT2D eigenvalue weighted by Gasteiger charge is 2.24. The van der Waals surface area contributed by atoms with Gasteiger partial charge in [-0.15, -0.1) is 0 Å². The number of amides is 2. The van der Waals surface area contributed by atoms with E-state index in [1.54, 1.807) is 24.3 Å². The summed E-state index contributed by atoms with van der Waals surface area (Å²) in [7, 11) is 0. The van der Waals surface area contributed by atoms with Crippen LogP contribution in [0.4, 0.5) is 0 Å². The van der Waals surface area contributed by atoms with E-state index in [9.17, 15) is 9.59 Å². The highest BCUT2D eigenvalue weighted by molar-refractivity contribution is 6.31. The van der Waals surface area contributed by atoms with E-state index in [0.717, 1.165) is 5.56 Å². The summed E-state index contributed by atoms with van der Waals surface area (Å²) in [5.74, 6) is 0.688. The number of carbonyl (C=O) groups is 2. The largest absolute Gasteiger partial charge is 0.454 e. The number of hydrogen-bond acceptors (Lipinski definition) is 4. The second kappa shape index (κ2) is 8.31. The molecule has 0 fully saturated rings. The quantitative estimate of drug-likeness (QED) is 0.797. The van der Waals surface area contributed by atoms with Crippen LogP contribution < -0.4 is 20.1 Å². The molecule has 0 unspecified atom stereocenters. The number of ether oxygens (including phenoxy) is 2. The van der Waals surface area contributed by atoms with E-state index in [0.29, 0.717) is 28.6 Å². The Bertz CT molecular complexity index is 854. The van der Waals surface area contributed by atoms with Gasteiger partial charge in [-0.3, -0.25) is 9.59 Å². The number of halogens is 1. The van der Waals surface area contributed by atoms with Crippen molar-refractivity contribution < 1.29 is 19.1 Å². The van der Waals surface area contributed by atoms with Crippen LogP contribution in [0.1, 0.15) is 29.8 Å². The third-order valence-electron chi connectivity index (χ3n) is 4.23. The van der Waals surface area contributed by atoms with Crippen molar-refractivity contribution in [3.8, 4) is 11.5 Å². The van der Waals surface area contributed by atoms with Crippen molar-refractivity contribution in [2.75, 3.05) is 6.79 Å². The lowest BCUT2D eigenvalue weighted by atomic mass is 10.0. The molecule has 0 bridgehead atoms. The standard InChI is InChI=1S/C20H21ClN2O4/c1-12(2)18(23-19(24)14-4-3-5-15(21)9-14)20(25)22-10-13-6-7-16-17(8-13)27-11-26-16/h3-9,12,18H,10-11H2,1-2H3,(H,22,25)(H,23,24)/t18-/m0/s1. The molecule has 1 atom stereocenters. The number of fused-ring (bicyclic) bond motifs is 1. The molecule has 0 saturated heterocycles. The van der Waals surface area contributed by atoms with E-state index in [1.165, 1.54) is 0 Å². The van der Waals surface area contributed by atoms with E-state index in [2.05, 4.69) is 10.6 Å². The van der Waals surface area contributed by atoms with E-state index < -0.39 is 6.04 Å². The number of nitrogens with one attached hydrogen (secondary N) is 2. The van der Waals surface area contributed by atoms with E-state index in [1.807, 2.05) is 32.0 Å². The van der Waals surface area contributed by atoms with Crippen LogP contribution in [0, 0.1) is 5.92 Å². The van der Waals surface area contributed by atoms with Crippen molar-refractivity contribution in [2.45, 2.75) is 26.4 Å². The van der Waals surface area contributed by atoms with Gasteiger partial charge in [-0.05, 0) is 41.8 Å². The van der Waals surface area contributed by atoms with Crippen LogP contribution in [0.2, 0.25) is 5.02 Å². The fourth-order valence-corrected chi connectivity index (χ4v) is 2.93. The lowest BCUT2D eigenvalue weighted by molar-refractivity contribution is -0.124. The number of rotatable bonds is 6. The Morgan fingerprint density at radius 2 is 1.89 bits per heavy atom. The van der Waals surface area contributed by atoms with Crippen LogP contribution in [-0.4, -0.2) is 24.6 Å². The van der Waals surface area contributed by atoms with Crippen LogP contribution in [0.5, 0.6) is 11.5 Å². The average Bonchev–Trinajstić information content (AvgIpc) is 3.11. The molecule has 0 aromatic heterocycles. The first-order valence-corrected chi connectivity index (χ1v) is 9.04. The fraction of sp³-hybridized carbons (Fsp3) is 0.300. The summed E-state index contributed by atoms with van der Waals surface area (Å²) >= 11 is 5.93. The molecule has 1 aliphatic heterocycles. The molecule has 2 amide bonds. The van der Waals surface area contributed by atoms with Crippen LogP contribution in [-0.2, 0) is 11.3 Å². The Morgan fingerprint density at radius 1 is 1.11 bits per heavy atom. The van der Waals surface area contributed by atoms with Crippen molar-refractivity contribution in [1.29, 1.82) is 0 Å². The summed E-state index contributed by atoms with van der Waals surface area (Å²) in [4.78, 5) is 25.1. The van der Waals surface area contributed by atoms with Gasteiger partial charge in [0, 0.05) is 17.1 Å². The minimum atomic E-state index is -0.662. The summed E-state index contributed by atoms with van der Waals surface area (Å²) < 4.78 is 10.6. The third-order valence-corrected chi connectivity index (χ3v) is 4.46. The first kappa shape index (κ1) is 19.0. The molecule has 6 nitrogen and oxygen atoms in total. The normalized spacial score (nSPS) is 13.3. The second-order valence-electron chi connectivity index (χ2n) is 6.61. The Hall–Kier alpha value is -2.73. The Labute approximate surface area is 162 Å². The number of carbonyl (C=O) groups excluding carboxylic acids is 2. The molecule has 2 N–H and O–H groups in total. The molecular weight excluding hydrogens is 368 g/mol. The second-order valence-corrected chi connectivity index (χ2v) is 7.05. The van der Waals surface area contributed by atoms with Gasteiger partial charge in [-0.25, -0.2) is 0 Å². The van der Waals surface area contributed by atoms with Crippen molar-refractivity contribution >= 4 is 23.4 Å². The SMILES string of the molecule is CC(C)[C@H](NC(=O)c1cccc(Cl)c1)C(=O)NCc1ccc2c(c1)OCO2. The maximum Gasteiger partial charge on any atom is 0.251 e. The first-order chi connectivity index (χ1) is 12.9. The Kier molecular flexibility index (Phi) is 5.86. The molecule has 142 valence electrons. The van der Waals surface area contributed by atoms with Gasteiger partial charge in [0.25, 0.3) is 5.91 Å². The average molecular weight is 389 g/mol. The van der Waals surface area contributed by atoms with E-state index in [-0.39, 0.29) is 24.5 Å². The van der Waals surface area contributed by atoms with Crippen LogP contribution in [0.15, 0.2) is 42.5 Å². The number of hydrogen-bond donors (Lipinski definition) is 2. The molecule has 0 spiro atoms. The third kappa shape index (κ3) is 4.71. The zero-order chi connectivity index (χ0) is 19.4. The summed E-state index contributed by atoms with van der Waals surface area (Å²) in [6.45, 7) is 4.29. The predicted molar refractivity (Wildman–Crippen MR) is 102 cm³/mol. The minimum Gasteiger partial charge on any atom is -0.454 e. The van der Waals surface area contributed by atoms with Gasteiger partial charge >= 0.3 is 0 Å². The van der Waals surface area contributed by atoms with Crippen molar-refractivity contribution in [3.63, 3.8) is 0 Å². The monoisotopic (exact) mass is 388 g/mol. The van der Waals surface area contributed by atoms with E-state index >= 15 is 0 Å². The van der Waals surface area contributed by atoms with Gasteiger partial charge in [-0.1, -0.05) is 37.6 Å². The number of benzene rings is 2. The van der Waals surface area contributed by atoms with Gasteiger partial charge < -0.3 is 20.1 Å². The smallest absolute Gasteiger partial charge is 0.251 e. The lowest BCUT2D eigenvalue weighted by Crippen LogP contribution is -2.49. The summed E-state index contributed by atoms with van der Waals surface area (Å²) in [5.41, 5.74) is 1.30. The first-order valence-electron chi connectivity index (χ1n) is 8.66. The minimum absolute atomic E-state index is 0.0788. The van der Waals surface area contributed by atoms with Crippen LogP contribution in [0.3, 0.4) is 0 Å². The molecule has 0 radical (unpaired) electrons. The molecule has 0 saturated carbocycles. The van der Waals surface area contributed by atoms with Crippen molar-refractivity contribution in [3.05, 3.63) is 58.6 Å². The van der Waals surface area contributed by atoms with Gasteiger partial charge in [0.15, 0.2) is 11.5 Å². The molecular formula is C20H21ClN2O4. The van der Waals surface area contributed by atoms with E-state index in [4.69, 9.17) is 21.1 Å². The lowest BCUT2D eigenvalue weighted by Gasteiger charge is -2.22. The summed E-state index contributed by atoms with van der Waals surface area (Å²) in [6, 6.07) is 11.5. The highest BCUT2D eigenvalue weighted by atomic mass is 35.5. The van der Waals surface area contributed by atoms with Gasteiger partial charge in [-0.2, -0.15) is 0 Å². The molecule has 3 rings (SSSR count). The molecule has 2 aromatic carbocycles. The molecule has 27 heavy (non-hydrogen) atoms. The zero-order valence-corrected chi connectivity index (χ0v) is 15.9. The Morgan fingerprint density at radius 3 is 2.63 bits per heavy atom. The van der Waals surface area contributed by atoms with Crippen molar-refractivity contribution in [2.24, 2.45) is 5.92 Å². The molecule has 2 aromatic rings. The maximum absolute atomic E-state index is 12.6. The van der Waals surface area contributed by atoms with Crippen LogP contribution >= 0.6 is 11.6 Å². The summed E-state index contributed by atoms with van der Waals surface area (Å²) in [6.07, 6.45) is 0. The Balaban J connectivity index is 1.62. The molecule has 0 aliphatic carbocycles. The summed E-state index contributed by atoms with van der Waals surface area (Å²) in [5, 5.41) is 6.12. The highest BCUT2D eigenvalue weighted by Crippen LogP contribution is 2.32. The molecule has 1 aliphatic rings. The topological polar surface area (TPSA) is 76.7 Å². The fourth-order valence-electron chi connectivity index (χ4n) is 2.74. The zero-order valence-electron chi connectivity index (χ0n) is 15.1. The van der Waals surface area contributed by atoms with Gasteiger partial charge in [0.05, 0.1) is 0 Å². The maximum atomic E-state index is 12.6.